The molecule has 2 rings (SSSR count). The van der Waals surface area contributed by atoms with Crippen LogP contribution in [0, 0.1) is 11.8 Å². The summed E-state index contributed by atoms with van der Waals surface area (Å²) in [6, 6.07) is 2.47. The minimum Gasteiger partial charge on any atom is -0.460 e. The molecule has 0 spiro atoms. The highest BCUT2D eigenvalue weighted by atomic mass is 16.5. The summed E-state index contributed by atoms with van der Waals surface area (Å²) in [4.78, 5) is 43.5. The highest BCUT2D eigenvalue weighted by Crippen LogP contribution is 2.19. The fraction of sp³-hybridized carbons (Fsp3) is 0.550. The van der Waals surface area contributed by atoms with Crippen molar-refractivity contribution in [1.82, 2.24) is 25.5 Å². The third-order valence-electron chi connectivity index (χ3n) is 4.09. The number of esters is 1. The molecule has 2 heterocycles. The molecule has 9 nitrogen and oxygen atoms in total. The average molecular weight is 403 g/mol. The second kappa shape index (κ2) is 9.99. The van der Waals surface area contributed by atoms with Crippen LogP contribution in [0.1, 0.15) is 79.6 Å². The molecule has 0 aliphatic heterocycles. The maximum atomic E-state index is 12.8. The van der Waals surface area contributed by atoms with Gasteiger partial charge in [0.15, 0.2) is 0 Å². The predicted octanol–water partition coefficient (Wildman–Crippen LogP) is 2.39. The van der Waals surface area contributed by atoms with E-state index in [2.05, 4.69) is 25.5 Å². The fourth-order valence-electron chi connectivity index (χ4n) is 2.95. The zero-order valence-corrected chi connectivity index (χ0v) is 17.5. The number of hydrogen-bond acceptors (Lipinski definition) is 6. The van der Waals surface area contributed by atoms with E-state index in [1.165, 1.54) is 6.07 Å². The van der Waals surface area contributed by atoms with Crippen molar-refractivity contribution in [2.24, 2.45) is 11.8 Å². The summed E-state index contributed by atoms with van der Waals surface area (Å²) in [6.45, 7) is 10.0. The number of ether oxygens (including phenoxy) is 1. The lowest BCUT2D eigenvalue weighted by molar-refractivity contribution is 0.0512. The van der Waals surface area contributed by atoms with E-state index in [1.54, 1.807) is 13.0 Å². The van der Waals surface area contributed by atoms with Crippen molar-refractivity contribution in [1.29, 1.82) is 0 Å². The number of rotatable bonds is 9. The highest BCUT2D eigenvalue weighted by Gasteiger charge is 2.23. The van der Waals surface area contributed by atoms with Gasteiger partial charge in [-0.25, -0.2) is 9.78 Å². The predicted molar refractivity (Wildman–Crippen MR) is 108 cm³/mol. The Kier molecular flexibility index (Phi) is 7.69. The minimum atomic E-state index is -0.627. The molecule has 0 bridgehead atoms. The van der Waals surface area contributed by atoms with Gasteiger partial charge in [-0.3, -0.25) is 14.7 Å². The first-order valence-corrected chi connectivity index (χ1v) is 9.83. The largest absolute Gasteiger partial charge is 0.460 e. The van der Waals surface area contributed by atoms with Gasteiger partial charge in [0.1, 0.15) is 5.82 Å². The Morgan fingerprint density at radius 1 is 1.17 bits per heavy atom. The number of pyridine rings is 1. The number of carbonyl (C=O) groups is 2. The molecule has 0 fully saturated rings. The average Bonchev–Trinajstić information content (AvgIpc) is 3.10. The summed E-state index contributed by atoms with van der Waals surface area (Å²) in [5.74, 6) is -0.152. The molecule has 0 unspecified atom stereocenters. The summed E-state index contributed by atoms with van der Waals surface area (Å²) in [5.41, 5.74) is 0.670. The quantitative estimate of drug-likeness (QED) is 0.551. The number of hydrogen-bond donors (Lipinski definition) is 3. The molecule has 9 heteroatoms. The summed E-state index contributed by atoms with van der Waals surface area (Å²) < 4.78 is 4.90. The van der Waals surface area contributed by atoms with E-state index < -0.39 is 12.0 Å². The van der Waals surface area contributed by atoms with E-state index in [9.17, 15) is 14.4 Å². The molecule has 29 heavy (non-hydrogen) atoms. The molecule has 0 aliphatic carbocycles. The van der Waals surface area contributed by atoms with Crippen LogP contribution in [0.4, 0.5) is 0 Å². The molecule has 0 radical (unpaired) electrons. The zero-order valence-electron chi connectivity index (χ0n) is 17.5. The van der Waals surface area contributed by atoms with Gasteiger partial charge in [0.2, 0.25) is 5.56 Å². The third-order valence-corrected chi connectivity index (χ3v) is 4.09. The van der Waals surface area contributed by atoms with Gasteiger partial charge in [0.25, 0.3) is 11.7 Å². The smallest absolute Gasteiger partial charge is 0.378 e. The Bertz CT molecular complexity index is 900. The Balaban J connectivity index is 2.24. The Labute approximate surface area is 169 Å². The van der Waals surface area contributed by atoms with Crippen LogP contribution in [0.5, 0.6) is 0 Å². The molecule has 3 N–H and O–H groups in total. The molecule has 0 saturated heterocycles. The number of aromatic amines is 2. The molecule has 1 atom stereocenters. The number of nitrogens with zero attached hydrogens (tertiary/aromatic N) is 2. The maximum absolute atomic E-state index is 12.8. The first kappa shape index (κ1) is 22.3. The van der Waals surface area contributed by atoms with Crippen molar-refractivity contribution >= 4 is 11.9 Å². The SMILES string of the molecule is CCOC(=O)c1n[nH]c([C@H](CC(C)C)NC(=O)c2cc(CC(C)C)[nH]c(=O)c2)n1. The highest BCUT2D eigenvalue weighted by molar-refractivity contribution is 5.94. The van der Waals surface area contributed by atoms with Crippen molar-refractivity contribution in [2.45, 2.75) is 53.5 Å². The molecule has 1 amide bonds. The van der Waals surface area contributed by atoms with Crippen LogP contribution in [0.15, 0.2) is 16.9 Å². The summed E-state index contributed by atoms with van der Waals surface area (Å²) >= 11 is 0. The Morgan fingerprint density at radius 2 is 1.90 bits per heavy atom. The van der Waals surface area contributed by atoms with Crippen LogP contribution in [-0.4, -0.2) is 38.6 Å². The second-order valence-corrected chi connectivity index (χ2v) is 7.78. The molecule has 0 aromatic carbocycles. The third kappa shape index (κ3) is 6.55. The van der Waals surface area contributed by atoms with Crippen LogP contribution < -0.4 is 10.9 Å². The summed E-state index contributed by atoms with van der Waals surface area (Å²) in [7, 11) is 0. The van der Waals surface area contributed by atoms with Gasteiger partial charge >= 0.3 is 5.97 Å². The van der Waals surface area contributed by atoms with Crippen molar-refractivity contribution in [3.8, 4) is 0 Å². The standard InChI is InChI=1S/C20H29N5O4/c1-6-29-20(28)18-23-17(24-25-18)15(8-12(4)5)22-19(27)13-9-14(7-11(2)3)21-16(26)10-13/h9-12,15H,6-8H2,1-5H3,(H,21,26)(H,22,27)(H,23,24,25)/t15-/m0/s1. The Morgan fingerprint density at radius 3 is 2.52 bits per heavy atom. The summed E-state index contributed by atoms with van der Waals surface area (Å²) in [5, 5.41) is 9.49. The van der Waals surface area contributed by atoms with E-state index in [1.807, 2.05) is 27.7 Å². The lowest BCUT2D eigenvalue weighted by Crippen LogP contribution is -2.31. The van der Waals surface area contributed by atoms with Gasteiger partial charge in [0, 0.05) is 17.3 Å². The lowest BCUT2D eigenvalue weighted by atomic mass is 10.0. The normalized spacial score (nSPS) is 12.2. The van der Waals surface area contributed by atoms with Crippen molar-refractivity contribution < 1.29 is 14.3 Å². The van der Waals surface area contributed by atoms with E-state index in [0.717, 1.165) is 0 Å². The van der Waals surface area contributed by atoms with Gasteiger partial charge in [-0.05, 0) is 37.7 Å². The number of nitrogens with one attached hydrogen (secondary N) is 3. The molecule has 0 aliphatic rings. The first-order chi connectivity index (χ1) is 13.7. The van der Waals surface area contributed by atoms with Gasteiger partial charge in [-0.15, -0.1) is 5.10 Å². The molecule has 2 aromatic rings. The van der Waals surface area contributed by atoms with Crippen LogP contribution >= 0.6 is 0 Å². The van der Waals surface area contributed by atoms with Crippen LogP contribution in [0.2, 0.25) is 0 Å². The van der Waals surface area contributed by atoms with E-state index >= 15 is 0 Å². The monoisotopic (exact) mass is 403 g/mol. The van der Waals surface area contributed by atoms with Gasteiger partial charge in [-0.1, -0.05) is 27.7 Å². The number of H-pyrrole nitrogens is 2. The lowest BCUT2D eigenvalue weighted by Gasteiger charge is -2.18. The van der Waals surface area contributed by atoms with Crippen LogP contribution in [0.3, 0.4) is 0 Å². The van der Waals surface area contributed by atoms with E-state index in [-0.39, 0.29) is 35.4 Å². The second-order valence-electron chi connectivity index (χ2n) is 7.78. The molecular weight excluding hydrogens is 374 g/mol. The summed E-state index contributed by atoms with van der Waals surface area (Å²) in [6.07, 6.45) is 1.24. The maximum Gasteiger partial charge on any atom is 0.378 e. The number of carbonyl (C=O) groups excluding carboxylic acids is 2. The van der Waals surface area contributed by atoms with Crippen molar-refractivity contribution in [3.63, 3.8) is 0 Å². The molecular formula is C20H29N5O4. The van der Waals surface area contributed by atoms with Crippen molar-refractivity contribution in [3.05, 3.63) is 45.4 Å². The topological polar surface area (TPSA) is 130 Å². The number of aromatic nitrogens is 4. The van der Waals surface area contributed by atoms with Gasteiger partial charge in [-0.2, -0.15) is 0 Å². The number of amides is 1. The molecule has 158 valence electrons. The molecule has 0 saturated carbocycles. The van der Waals surface area contributed by atoms with Crippen molar-refractivity contribution in [2.75, 3.05) is 6.61 Å². The Hall–Kier alpha value is -2.97. The zero-order chi connectivity index (χ0) is 21.6. The fourth-order valence-corrected chi connectivity index (χ4v) is 2.95. The van der Waals surface area contributed by atoms with Gasteiger partial charge < -0.3 is 15.0 Å². The van der Waals surface area contributed by atoms with Gasteiger partial charge in [0.05, 0.1) is 12.6 Å². The minimum absolute atomic E-state index is 0.0831. The van der Waals surface area contributed by atoms with Crippen LogP contribution in [0.25, 0.3) is 0 Å². The van der Waals surface area contributed by atoms with E-state index in [4.69, 9.17) is 4.74 Å². The molecule has 2 aromatic heterocycles. The van der Waals surface area contributed by atoms with Crippen LogP contribution in [-0.2, 0) is 11.2 Å². The first-order valence-electron chi connectivity index (χ1n) is 9.83. The van der Waals surface area contributed by atoms with E-state index in [0.29, 0.717) is 30.3 Å².